The van der Waals surface area contributed by atoms with Gasteiger partial charge in [0.25, 0.3) is 0 Å². The third kappa shape index (κ3) is 7.94. The lowest BCUT2D eigenvalue weighted by atomic mass is 9.98. The van der Waals surface area contributed by atoms with Crippen LogP contribution in [0.25, 0.3) is 10.8 Å². The Hall–Kier alpha value is -3.89. The number of hydrogen-bond donors (Lipinski definition) is 2. The van der Waals surface area contributed by atoms with E-state index in [1.807, 2.05) is 42.5 Å². The Morgan fingerprint density at radius 3 is 2.28 bits per heavy atom. The quantitative estimate of drug-likeness (QED) is 0.335. The highest BCUT2D eigenvalue weighted by molar-refractivity contribution is 5.92. The number of fused-ring (bicyclic) bond motifs is 1. The van der Waals surface area contributed by atoms with E-state index >= 15 is 0 Å². The molecule has 3 amide bonds. The first-order chi connectivity index (χ1) is 20.5. The van der Waals surface area contributed by atoms with Crippen LogP contribution in [0.1, 0.15) is 30.9 Å². The van der Waals surface area contributed by atoms with Gasteiger partial charge in [0.15, 0.2) is 11.6 Å². The maximum absolute atomic E-state index is 14.1. The Morgan fingerprint density at radius 2 is 1.60 bits per heavy atom. The molecule has 1 saturated heterocycles. The molecule has 3 aromatic rings. The van der Waals surface area contributed by atoms with Crippen LogP contribution in [0.2, 0.25) is 0 Å². The normalized spacial score (nSPS) is 17.8. The Morgan fingerprint density at radius 1 is 0.930 bits per heavy atom. The number of carbonyl (C=O) groups excluding carboxylic acids is 3. The van der Waals surface area contributed by atoms with E-state index in [0.717, 1.165) is 47.9 Å². The molecule has 10 heteroatoms. The molecule has 2 N–H and O–H groups in total. The molecule has 1 fully saturated rings. The van der Waals surface area contributed by atoms with Gasteiger partial charge in [-0.2, -0.15) is 0 Å². The average Bonchev–Trinajstić information content (AvgIpc) is 3.44. The van der Waals surface area contributed by atoms with E-state index in [-0.39, 0.29) is 30.9 Å². The van der Waals surface area contributed by atoms with Crippen molar-refractivity contribution in [2.24, 2.45) is 0 Å². The highest BCUT2D eigenvalue weighted by atomic mass is 19.2. The fraction of sp³-hybridized carbons (Fsp3) is 0.424. The van der Waals surface area contributed by atoms with E-state index in [9.17, 15) is 23.2 Å². The summed E-state index contributed by atoms with van der Waals surface area (Å²) >= 11 is 0. The summed E-state index contributed by atoms with van der Waals surface area (Å²) in [6.45, 7) is 3.12. The molecule has 3 atom stereocenters. The molecule has 1 aliphatic rings. The lowest BCUT2D eigenvalue weighted by molar-refractivity contribution is -0.149. The van der Waals surface area contributed by atoms with Crippen LogP contribution in [0, 0.1) is 11.6 Å². The summed E-state index contributed by atoms with van der Waals surface area (Å²) in [5.41, 5.74) is 0.996. The van der Waals surface area contributed by atoms with Gasteiger partial charge in [-0.25, -0.2) is 8.78 Å². The molecule has 0 bridgehead atoms. The molecule has 0 spiro atoms. The summed E-state index contributed by atoms with van der Waals surface area (Å²) in [4.78, 5) is 43.1. The molecule has 3 aromatic carbocycles. The van der Waals surface area contributed by atoms with Crippen molar-refractivity contribution < 1.29 is 27.9 Å². The molecule has 0 aromatic heterocycles. The summed E-state index contributed by atoms with van der Waals surface area (Å²) in [7, 11) is 4.48. The van der Waals surface area contributed by atoms with Gasteiger partial charge in [-0.3, -0.25) is 14.4 Å². The molecule has 0 radical (unpaired) electrons. The maximum atomic E-state index is 14.1. The van der Waals surface area contributed by atoms with Crippen LogP contribution in [-0.4, -0.2) is 86.0 Å². The second-order valence-corrected chi connectivity index (χ2v) is 11.5. The van der Waals surface area contributed by atoms with Gasteiger partial charge in [0, 0.05) is 39.5 Å². The van der Waals surface area contributed by atoms with E-state index in [0.29, 0.717) is 12.2 Å². The maximum Gasteiger partial charge on any atom is 0.249 e. The first-order valence-corrected chi connectivity index (χ1v) is 14.5. The highest BCUT2D eigenvalue weighted by Crippen LogP contribution is 2.21. The van der Waals surface area contributed by atoms with Gasteiger partial charge < -0.3 is 25.2 Å². The molecule has 0 unspecified atom stereocenters. The van der Waals surface area contributed by atoms with Gasteiger partial charge in [-0.05, 0) is 60.3 Å². The minimum atomic E-state index is -1.04. The summed E-state index contributed by atoms with van der Waals surface area (Å²) < 4.78 is 33.3. The highest BCUT2D eigenvalue weighted by Gasteiger charge is 2.35. The van der Waals surface area contributed by atoms with E-state index in [1.165, 1.54) is 30.0 Å². The molecule has 0 saturated carbocycles. The van der Waals surface area contributed by atoms with Gasteiger partial charge in [0.2, 0.25) is 17.7 Å². The number of amides is 3. The predicted molar refractivity (Wildman–Crippen MR) is 161 cm³/mol. The summed E-state index contributed by atoms with van der Waals surface area (Å²) in [6.07, 6.45) is 2.14. The Balaban J connectivity index is 1.58. The van der Waals surface area contributed by atoms with Crippen molar-refractivity contribution in [2.75, 3.05) is 40.9 Å². The second-order valence-electron chi connectivity index (χ2n) is 11.5. The number of likely N-dealkylation sites (N-methyl/N-ethyl adjacent to an activating group) is 3. The largest absolute Gasteiger partial charge is 0.370 e. The summed E-state index contributed by atoms with van der Waals surface area (Å²) in [6, 6.07) is 15.1. The van der Waals surface area contributed by atoms with Crippen molar-refractivity contribution in [1.29, 1.82) is 0 Å². The first kappa shape index (κ1) is 32.0. The van der Waals surface area contributed by atoms with Crippen molar-refractivity contribution in [3.8, 4) is 0 Å². The van der Waals surface area contributed by atoms with Gasteiger partial charge in [-0.15, -0.1) is 0 Å². The SMILES string of the molecule is CNC(=O)[C@@H](Cc1ccc(F)c(F)c1)N(C)C(=O)[C@@H](Cc1ccc2ccccc2c1)N(C)C(=O)COC[C@]1(C)CCCN1. The van der Waals surface area contributed by atoms with Crippen LogP contribution >= 0.6 is 0 Å². The number of carbonyl (C=O) groups is 3. The standard InChI is InChI=1S/C33H40F2N4O4/c1-33(14-7-15-37-33)21-43-20-30(40)38(3)29(19-22-10-12-24-8-5-6-9-25(24)16-22)32(42)39(4)28(31(41)36-2)18-23-11-13-26(34)27(35)17-23/h5-6,8-13,16-17,28-29,37H,7,14-15,18-21H2,1-4H3,(H,36,41)/t28-,29-,33+/m1/s1. The van der Waals surface area contributed by atoms with Gasteiger partial charge >= 0.3 is 0 Å². The first-order valence-electron chi connectivity index (χ1n) is 14.5. The number of nitrogens with zero attached hydrogens (tertiary/aromatic N) is 2. The minimum absolute atomic E-state index is 0.0475. The molecule has 230 valence electrons. The molecule has 4 rings (SSSR count). The molecule has 0 aliphatic carbocycles. The van der Waals surface area contributed by atoms with Crippen LogP contribution in [-0.2, 0) is 32.0 Å². The van der Waals surface area contributed by atoms with Crippen molar-refractivity contribution >= 4 is 28.5 Å². The summed E-state index contributed by atoms with van der Waals surface area (Å²) in [5.74, 6) is -3.35. The van der Waals surface area contributed by atoms with Crippen LogP contribution in [0.3, 0.4) is 0 Å². The van der Waals surface area contributed by atoms with Gasteiger partial charge in [0.1, 0.15) is 18.7 Å². The molecule has 1 heterocycles. The zero-order valence-electron chi connectivity index (χ0n) is 25.2. The van der Waals surface area contributed by atoms with Crippen LogP contribution in [0.4, 0.5) is 8.78 Å². The van der Waals surface area contributed by atoms with Crippen molar-refractivity contribution in [1.82, 2.24) is 20.4 Å². The molecule has 1 aliphatic heterocycles. The van der Waals surface area contributed by atoms with E-state index in [1.54, 1.807) is 7.05 Å². The van der Waals surface area contributed by atoms with Crippen LogP contribution in [0.5, 0.6) is 0 Å². The lowest BCUT2D eigenvalue weighted by Crippen LogP contribution is -2.56. The van der Waals surface area contributed by atoms with Crippen LogP contribution in [0.15, 0.2) is 60.7 Å². The third-order valence-corrected chi connectivity index (χ3v) is 8.27. The zero-order chi connectivity index (χ0) is 31.1. The number of nitrogens with one attached hydrogen (secondary N) is 2. The molecular formula is C33H40F2N4O4. The molecule has 43 heavy (non-hydrogen) atoms. The van der Waals surface area contributed by atoms with Crippen molar-refractivity contribution in [2.45, 2.75) is 50.2 Å². The lowest BCUT2D eigenvalue weighted by Gasteiger charge is -2.34. The fourth-order valence-corrected chi connectivity index (χ4v) is 5.55. The minimum Gasteiger partial charge on any atom is -0.370 e. The predicted octanol–water partition coefficient (Wildman–Crippen LogP) is 3.46. The van der Waals surface area contributed by atoms with Crippen LogP contribution < -0.4 is 10.6 Å². The van der Waals surface area contributed by atoms with E-state index < -0.39 is 35.5 Å². The number of ether oxygens (including phenoxy) is 1. The summed E-state index contributed by atoms with van der Waals surface area (Å²) in [5, 5.41) is 8.00. The van der Waals surface area contributed by atoms with E-state index in [2.05, 4.69) is 17.6 Å². The molecular weight excluding hydrogens is 554 g/mol. The second kappa shape index (κ2) is 14.1. The number of halogens is 2. The monoisotopic (exact) mass is 594 g/mol. The van der Waals surface area contributed by atoms with Gasteiger partial charge in [-0.1, -0.05) is 48.5 Å². The zero-order valence-corrected chi connectivity index (χ0v) is 25.2. The van der Waals surface area contributed by atoms with Crippen molar-refractivity contribution in [3.05, 3.63) is 83.4 Å². The van der Waals surface area contributed by atoms with Crippen molar-refractivity contribution in [3.63, 3.8) is 0 Å². The smallest absolute Gasteiger partial charge is 0.249 e. The number of rotatable bonds is 12. The topological polar surface area (TPSA) is 91.0 Å². The third-order valence-electron chi connectivity index (χ3n) is 8.27. The Kier molecular flexibility index (Phi) is 10.5. The molecule has 8 nitrogen and oxygen atoms in total. The van der Waals surface area contributed by atoms with E-state index in [4.69, 9.17) is 4.74 Å². The average molecular weight is 595 g/mol. The number of benzene rings is 3. The van der Waals surface area contributed by atoms with Gasteiger partial charge in [0.05, 0.1) is 6.61 Å². The Labute approximate surface area is 251 Å². The Bertz CT molecular complexity index is 1460. The fourth-order valence-electron chi connectivity index (χ4n) is 5.55. The number of hydrogen-bond acceptors (Lipinski definition) is 5.